The highest BCUT2D eigenvalue weighted by molar-refractivity contribution is 5.04. The quantitative estimate of drug-likeness (QED) is 0.539. The van der Waals surface area contributed by atoms with Gasteiger partial charge in [-0.15, -0.1) is 13.2 Å². The van der Waals surface area contributed by atoms with Crippen molar-refractivity contribution < 1.29 is 17.9 Å². The van der Waals surface area contributed by atoms with Crippen molar-refractivity contribution in [3.63, 3.8) is 0 Å². The average Bonchev–Trinajstić information content (AvgIpc) is 1.98. The molecule has 0 aromatic rings. The molecule has 0 fully saturated rings. The first-order valence-corrected chi connectivity index (χ1v) is 3.77. The molecule has 0 radical (unpaired) electrons. The van der Waals surface area contributed by atoms with Crippen molar-refractivity contribution in [1.29, 1.82) is 0 Å². The number of hydrogen-bond acceptors (Lipinski definition) is 2. The molecule has 0 aromatic heterocycles. The molecule has 0 aromatic carbocycles. The van der Waals surface area contributed by atoms with Crippen LogP contribution in [0.3, 0.4) is 0 Å². The van der Waals surface area contributed by atoms with Gasteiger partial charge in [-0.2, -0.15) is 0 Å². The molecule has 13 heavy (non-hydrogen) atoms. The van der Waals surface area contributed by atoms with Gasteiger partial charge in [0.15, 0.2) is 0 Å². The monoisotopic (exact) mass is 195 g/mol. The van der Waals surface area contributed by atoms with Crippen LogP contribution in [0.25, 0.3) is 0 Å². The van der Waals surface area contributed by atoms with E-state index in [1.165, 1.54) is 12.2 Å². The highest BCUT2D eigenvalue weighted by atomic mass is 19.4. The Morgan fingerprint density at radius 2 is 2.08 bits per heavy atom. The van der Waals surface area contributed by atoms with Gasteiger partial charge in [0.05, 0.1) is 0 Å². The van der Waals surface area contributed by atoms with E-state index in [0.717, 1.165) is 0 Å². The first-order chi connectivity index (χ1) is 5.99. The first-order valence-electron chi connectivity index (χ1n) is 3.77. The maximum absolute atomic E-state index is 11.7. The van der Waals surface area contributed by atoms with E-state index in [9.17, 15) is 13.2 Å². The fourth-order valence-corrected chi connectivity index (χ4v) is 0.725. The molecule has 0 rings (SSSR count). The summed E-state index contributed by atoms with van der Waals surface area (Å²) < 4.78 is 38.9. The molecule has 0 atom stereocenters. The standard InChI is InChI=1S/C8H12F3NO/c1-2-4-7(5-3-6-12)13-8(9,10)11/h2,4H,1,3,5-6,12H2/b7-4+. The highest BCUT2D eigenvalue weighted by Crippen LogP contribution is 2.22. The van der Waals surface area contributed by atoms with Gasteiger partial charge >= 0.3 is 6.36 Å². The minimum absolute atomic E-state index is 0.159. The Labute approximate surface area is 74.9 Å². The number of halogens is 3. The molecule has 0 saturated carbocycles. The number of hydrogen-bond donors (Lipinski definition) is 1. The zero-order valence-corrected chi connectivity index (χ0v) is 7.10. The lowest BCUT2D eigenvalue weighted by atomic mass is 10.2. The summed E-state index contributed by atoms with van der Waals surface area (Å²) in [4.78, 5) is 0. The van der Waals surface area contributed by atoms with E-state index >= 15 is 0 Å². The molecule has 0 saturated heterocycles. The number of alkyl halides is 3. The maximum Gasteiger partial charge on any atom is 0.572 e. The lowest BCUT2D eigenvalue weighted by Crippen LogP contribution is -2.13. The van der Waals surface area contributed by atoms with Gasteiger partial charge in [-0.1, -0.05) is 12.7 Å². The minimum atomic E-state index is -4.64. The Hall–Kier alpha value is -0.970. The largest absolute Gasteiger partial charge is 0.572 e. The molecule has 0 aliphatic heterocycles. The normalized spacial score (nSPS) is 12.8. The van der Waals surface area contributed by atoms with Crippen molar-refractivity contribution in [2.24, 2.45) is 5.73 Å². The van der Waals surface area contributed by atoms with Gasteiger partial charge in [-0.05, 0) is 19.0 Å². The predicted molar refractivity (Wildman–Crippen MR) is 43.7 cm³/mol. The SMILES string of the molecule is C=C/C=C(\CCCN)OC(F)(F)F. The molecular formula is C8H12F3NO. The molecule has 0 aliphatic carbocycles. The third kappa shape index (κ3) is 7.39. The molecule has 0 unspecified atom stereocenters. The fourth-order valence-electron chi connectivity index (χ4n) is 0.725. The van der Waals surface area contributed by atoms with Crippen LogP contribution in [-0.2, 0) is 4.74 Å². The van der Waals surface area contributed by atoms with Crippen LogP contribution in [0.4, 0.5) is 13.2 Å². The van der Waals surface area contributed by atoms with Crippen LogP contribution in [0.1, 0.15) is 12.8 Å². The summed E-state index contributed by atoms with van der Waals surface area (Å²) in [5, 5.41) is 0. The third-order valence-corrected chi connectivity index (χ3v) is 1.18. The Bertz CT molecular complexity index is 186. The van der Waals surface area contributed by atoms with Crippen molar-refractivity contribution in [1.82, 2.24) is 0 Å². The van der Waals surface area contributed by atoms with Crippen LogP contribution in [0.5, 0.6) is 0 Å². The lowest BCUT2D eigenvalue weighted by molar-refractivity contribution is -0.306. The number of rotatable bonds is 5. The van der Waals surface area contributed by atoms with E-state index in [4.69, 9.17) is 5.73 Å². The fraction of sp³-hybridized carbons (Fsp3) is 0.500. The maximum atomic E-state index is 11.7. The highest BCUT2D eigenvalue weighted by Gasteiger charge is 2.31. The van der Waals surface area contributed by atoms with E-state index in [2.05, 4.69) is 11.3 Å². The van der Waals surface area contributed by atoms with Gasteiger partial charge in [0.2, 0.25) is 0 Å². The van der Waals surface area contributed by atoms with Gasteiger partial charge in [0, 0.05) is 6.42 Å². The molecule has 76 valence electrons. The number of allylic oxidation sites excluding steroid dienone is 3. The summed E-state index contributed by atoms with van der Waals surface area (Å²) in [5.41, 5.74) is 5.15. The Morgan fingerprint density at radius 3 is 2.46 bits per heavy atom. The third-order valence-electron chi connectivity index (χ3n) is 1.18. The topological polar surface area (TPSA) is 35.2 Å². The number of nitrogens with two attached hydrogens (primary N) is 1. The smallest absolute Gasteiger partial charge is 0.410 e. The van der Waals surface area contributed by atoms with E-state index < -0.39 is 6.36 Å². The number of ether oxygens (including phenoxy) is 1. The zero-order chi connectivity index (χ0) is 10.3. The Balaban J connectivity index is 4.11. The van der Waals surface area contributed by atoms with Crippen LogP contribution >= 0.6 is 0 Å². The minimum Gasteiger partial charge on any atom is -0.410 e. The summed E-state index contributed by atoms with van der Waals surface area (Å²) in [7, 11) is 0. The van der Waals surface area contributed by atoms with E-state index in [-0.39, 0.29) is 12.2 Å². The molecule has 0 spiro atoms. The molecule has 5 heteroatoms. The summed E-state index contributed by atoms with van der Waals surface area (Å²) >= 11 is 0. The lowest BCUT2D eigenvalue weighted by Gasteiger charge is -2.11. The predicted octanol–water partition coefficient (Wildman–Crippen LogP) is 2.33. The van der Waals surface area contributed by atoms with Crippen molar-refractivity contribution in [3.05, 3.63) is 24.5 Å². The van der Waals surface area contributed by atoms with E-state index in [0.29, 0.717) is 13.0 Å². The second-order valence-corrected chi connectivity index (χ2v) is 2.31. The molecule has 2 nitrogen and oxygen atoms in total. The second kappa shape index (κ2) is 5.64. The van der Waals surface area contributed by atoms with Gasteiger partial charge in [-0.25, -0.2) is 0 Å². The van der Waals surface area contributed by atoms with E-state index in [1.54, 1.807) is 0 Å². The van der Waals surface area contributed by atoms with Crippen LogP contribution in [0.15, 0.2) is 24.5 Å². The molecule has 0 bridgehead atoms. The van der Waals surface area contributed by atoms with Crippen LogP contribution in [-0.4, -0.2) is 12.9 Å². The zero-order valence-electron chi connectivity index (χ0n) is 7.10. The van der Waals surface area contributed by atoms with E-state index in [1.807, 2.05) is 0 Å². The van der Waals surface area contributed by atoms with Crippen LogP contribution in [0, 0.1) is 0 Å². The van der Waals surface area contributed by atoms with Crippen molar-refractivity contribution in [2.75, 3.05) is 6.54 Å². The van der Waals surface area contributed by atoms with Gasteiger partial charge in [-0.3, -0.25) is 0 Å². The molecule has 2 N–H and O–H groups in total. The molecule has 0 aliphatic rings. The summed E-state index contributed by atoms with van der Waals surface area (Å²) in [6.45, 7) is 3.61. The van der Waals surface area contributed by atoms with Crippen molar-refractivity contribution in [3.8, 4) is 0 Å². The van der Waals surface area contributed by atoms with Gasteiger partial charge in [0.1, 0.15) is 5.76 Å². The molecule has 0 heterocycles. The van der Waals surface area contributed by atoms with Crippen molar-refractivity contribution >= 4 is 0 Å². The Morgan fingerprint density at radius 1 is 1.46 bits per heavy atom. The second-order valence-electron chi connectivity index (χ2n) is 2.31. The van der Waals surface area contributed by atoms with Gasteiger partial charge in [0.25, 0.3) is 0 Å². The average molecular weight is 195 g/mol. The summed E-state index contributed by atoms with van der Waals surface area (Å²) in [5.74, 6) is -0.159. The van der Waals surface area contributed by atoms with Crippen LogP contribution in [0.2, 0.25) is 0 Å². The molecular weight excluding hydrogens is 183 g/mol. The Kier molecular flexibility index (Phi) is 5.22. The van der Waals surface area contributed by atoms with Crippen molar-refractivity contribution in [2.45, 2.75) is 19.2 Å². The van der Waals surface area contributed by atoms with Gasteiger partial charge < -0.3 is 10.5 Å². The summed E-state index contributed by atoms with van der Waals surface area (Å²) in [6.07, 6.45) is -1.58. The molecule has 0 amide bonds. The van der Waals surface area contributed by atoms with Crippen LogP contribution < -0.4 is 5.73 Å². The first kappa shape index (κ1) is 12.0. The summed E-state index contributed by atoms with van der Waals surface area (Å²) in [6, 6.07) is 0.